The maximum Gasteiger partial charge on any atom is 0.0850 e. The van der Waals surface area contributed by atoms with Crippen molar-refractivity contribution in [1.82, 2.24) is 15.2 Å². The molecule has 1 saturated heterocycles. The van der Waals surface area contributed by atoms with E-state index in [2.05, 4.69) is 24.4 Å². The zero-order chi connectivity index (χ0) is 13.8. The molecule has 19 heavy (non-hydrogen) atoms. The van der Waals surface area contributed by atoms with Crippen LogP contribution in [0.2, 0.25) is 5.02 Å². The van der Waals surface area contributed by atoms with Gasteiger partial charge in [0.1, 0.15) is 0 Å². The van der Waals surface area contributed by atoms with E-state index in [0.29, 0.717) is 5.25 Å². The van der Waals surface area contributed by atoms with Crippen LogP contribution in [0.25, 0.3) is 0 Å². The number of hydrogen-bond donors (Lipinski definition) is 2. The third-order valence-corrected chi connectivity index (χ3v) is 5.69. The number of nitrogens with zero attached hydrogens (tertiary/aromatic N) is 2. The molecule has 0 bridgehead atoms. The molecule has 1 aromatic heterocycles. The number of rotatable bonds is 6. The number of nitrogens with two attached hydrogens (primary N) is 1. The average Bonchev–Trinajstić information content (AvgIpc) is 3.04. The highest BCUT2D eigenvalue weighted by Crippen LogP contribution is 2.31. The predicted molar refractivity (Wildman–Crippen MR) is 82.6 cm³/mol. The molecule has 6 heteroatoms. The third kappa shape index (κ3) is 3.27. The molecular formula is C13H23ClN4S. The Hall–Kier alpha value is -0.230. The highest BCUT2D eigenvalue weighted by atomic mass is 35.5. The average molecular weight is 303 g/mol. The summed E-state index contributed by atoms with van der Waals surface area (Å²) in [5.41, 5.74) is 5.09. The van der Waals surface area contributed by atoms with Crippen LogP contribution in [0.1, 0.15) is 38.1 Å². The Bertz CT molecular complexity index is 415. The minimum Gasteiger partial charge on any atom is -0.271 e. The Kier molecular flexibility index (Phi) is 5.57. The van der Waals surface area contributed by atoms with Gasteiger partial charge >= 0.3 is 0 Å². The molecule has 2 rings (SSSR count). The van der Waals surface area contributed by atoms with Crippen molar-refractivity contribution >= 4 is 23.4 Å². The van der Waals surface area contributed by atoms with Crippen molar-refractivity contribution in [2.24, 2.45) is 5.84 Å². The van der Waals surface area contributed by atoms with Crippen molar-refractivity contribution in [3.05, 3.63) is 16.4 Å². The van der Waals surface area contributed by atoms with E-state index < -0.39 is 0 Å². The molecule has 3 N–H and O–H groups in total. The van der Waals surface area contributed by atoms with Crippen molar-refractivity contribution in [2.75, 3.05) is 5.75 Å². The van der Waals surface area contributed by atoms with Crippen LogP contribution in [0.15, 0.2) is 0 Å². The first-order chi connectivity index (χ1) is 9.21. The minimum atomic E-state index is 0.275. The van der Waals surface area contributed by atoms with Gasteiger partial charge in [-0.25, -0.2) is 0 Å². The third-order valence-electron chi connectivity index (χ3n) is 3.74. The molecule has 1 aliphatic heterocycles. The van der Waals surface area contributed by atoms with E-state index in [1.807, 2.05) is 16.4 Å². The summed E-state index contributed by atoms with van der Waals surface area (Å²) in [5, 5.41) is 5.99. The molecule has 0 saturated carbocycles. The molecule has 2 atom stereocenters. The number of aryl methyl sites for hydroxylation is 2. The molecule has 0 radical (unpaired) electrons. The second kappa shape index (κ2) is 6.97. The lowest BCUT2D eigenvalue weighted by molar-refractivity contribution is 0.475. The lowest BCUT2D eigenvalue weighted by Gasteiger charge is -2.22. The largest absolute Gasteiger partial charge is 0.271 e. The van der Waals surface area contributed by atoms with Gasteiger partial charge in [-0.15, -0.1) is 0 Å². The first kappa shape index (κ1) is 15.2. The zero-order valence-corrected chi connectivity index (χ0v) is 13.2. The van der Waals surface area contributed by atoms with Gasteiger partial charge in [-0.05, 0) is 31.9 Å². The van der Waals surface area contributed by atoms with E-state index in [-0.39, 0.29) is 6.04 Å². The normalized spacial score (nSPS) is 20.9. The highest BCUT2D eigenvalue weighted by Gasteiger charge is 2.27. The van der Waals surface area contributed by atoms with Crippen LogP contribution >= 0.6 is 23.4 Å². The molecule has 2 heterocycles. The molecule has 0 aliphatic carbocycles. The molecule has 2 unspecified atom stereocenters. The summed E-state index contributed by atoms with van der Waals surface area (Å²) in [5.74, 6) is 6.99. The van der Waals surface area contributed by atoms with Crippen LogP contribution in [0.3, 0.4) is 0 Å². The maximum absolute atomic E-state index is 6.46. The van der Waals surface area contributed by atoms with Gasteiger partial charge in [-0.1, -0.05) is 18.5 Å². The molecule has 108 valence electrons. The summed E-state index contributed by atoms with van der Waals surface area (Å²) >= 11 is 8.47. The number of hydrazine groups is 1. The lowest BCUT2D eigenvalue weighted by Crippen LogP contribution is -2.43. The van der Waals surface area contributed by atoms with Gasteiger partial charge < -0.3 is 0 Å². The van der Waals surface area contributed by atoms with Gasteiger partial charge in [-0.3, -0.25) is 16.0 Å². The van der Waals surface area contributed by atoms with Crippen molar-refractivity contribution in [2.45, 2.75) is 57.4 Å². The summed E-state index contributed by atoms with van der Waals surface area (Å²) < 4.78 is 2.02. The van der Waals surface area contributed by atoms with Crippen LogP contribution in [-0.4, -0.2) is 26.8 Å². The lowest BCUT2D eigenvalue weighted by atomic mass is 10.0. The van der Waals surface area contributed by atoms with Gasteiger partial charge in [-0.2, -0.15) is 16.9 Å². The monoisotopic (exact) mass is 302 g/mol. The Morgan fingerprint density at radius 2 is 2.37 bits per heavy atom. The molecule has 1 aliphatic rings. The number of hydrogen-bond acceptors (Lipinski definition) is 4. The van der Waals surface area contributed by atoms with Crippen LogP contribution < -0.4 is 11.3 Å². The number of aromatic nitrogens is 2. The molecule has 0 spiro atoms. The fourth-order valence-electron chi connectivity index (χ4n) is 2.64. The van der Waals surface area contributed by atoms with E-state index >= 15 is 0 Å². The minimum absolute atomic E-state index is 0.275. The van der Waals surface area contributed by atoms with E-state index in [9.17, 15) is 0 Å². The standard InChI is InChI=1S/C13H23ClN4S/c1-3-9-13(14)11(18(4-2)17-9)8-10(16-15)12-6-5-7-19-12/h10,12,16H,3-8,15H2,1-2H3. The molecule has 4 nitrogen and oxygen atoms in total. The summed E-state index contributed by atoms with van der Waals surface area (Å²) in [6, 6.07) is 0.275. The first-order valence-electron chi connectivity index (χ1n) is 7.03. The van der Waals surface area contributed by atoms with Gasteiger partial charge in [0.25, 0.3) is 0 Å². The maximum atomic E-state index is 6.46. The van der Waals surface area contributed by atoms with Crippen LogP contribution in [0.4, 0.5) is 0 Å². The van der Waals surface area contributed by atoms with Crippen molar-refractivity contribution in [1.29, 1.82) is 0 Å². The Morgan fingerprint density at radius 3 is 2.89 bits per heavy atom. The summed E-state index contributed by atoms with van der Waals surface area (Å²) in [6.07, 6.45) is 4.25. The molecule has 0 aromatic carbocycles. The smallest absolute Gasteiger partial charge is 0.0850 e. The van der Waals surface area contributed by atoms with Crippen molar-refractivity contribution in [3.63, 3.8) is 0 Å². The number of nitrogens with one attached hydrogen (secondary N) is 1. The first-order valence-corrected chi connectivity index (χ1v) is 8.45. The molecule has 0 amide bonds. The quantitative estimate of drug-likeness (QED) is 0.626. The Morgan fingerprint density at radius 1 is 1.58 bits per heavy atom. The topological polar surface area (TPSA) is 55.9 Å². The van der Waals surface area contributed by atoms with Crippen LogP contribution in [0.5, 0.6) is 0 Å². The van der Waals surface area contributed by atoms with Gasteiger partial charge in [0.15, 0.2) is 0 Å². The second-order valence-corrected chi connectivity index (χ2v) is 6.63. The summed E-state index contributed by atoms with van der Waals surface area (Å²) in [7, 11) is 0. The SMILES string of the molecule is CCc1nn(CC)c(CC(NN)C2CCCS2)c1Cl. The van der Waals surface area contributed by atoms with Crippen LogP contribution in [-0.2, 0) is 19.4 Å². The summed E-state index contributed by atoms with van der Waals surface area (Å²) in [4.78, 5) is 0. The Balaban J connectivity index is 2.18. The van der Waals surface area contributed by atoms with E-state index in [4.69, 9.17) is 17.4 Å². The van der Waals surface area contributed by atoms with E-state index in [1.165, 1.54) is 18.6 Å². The second-order valence-electron chi connectivity index (χ2n) is 4.91. The van der Waals surface area contributed by atoms with Gasteiger partial charge in [0.05, 0.1) is 16.4 Å². The molecule has 1 aromatic rings. The van der Waals surface area contributed by atoms with Gasteiger partial charge in [0.2, 0.25) is 0 Å². The summed E-state index contributed by atoms with van der Waals surface area (Å²) in [6.45, 7) is 5.04. The van der Waals surface area contributed by atoms with Crippen molar-refractivity contribution < 1.29 is 0 Å². The van der Waals surface area contributed by atoms with Gasteiger partial charge in [0, 0.05) is 24.3 Å². The molecular weight excluding hydrogens is 280 g/mol. The van der Waals surface area contributed by atoms with Crippen molar-refractivity contribution in [3.8, 4) is 0 Å². The fourth-order valence-corrected chi connectivity index (χ4v) is 4.36. The predicted octanol–water partition coefficient (Wildman–Crippen LogP) is 2.39. The highest BCUT2D eigenvalue weighted by molar-refractivity contribution is 8.00. The zero-order valence-electron chi connectivity index (χ0n) is 11.7. The van der Waals surface area contributed by atoms with E-state index in [1.54, 1.807) is 0 Å². The van der Waals surface area contributed by atoms with E-state index in [0.717, 1.165) is 35.8 Å². The number of thioether (sulfide) groups is 1. The Labute approximate surface area is 124 Å². The number of halogens is 1. The fraction of sp³-hybridized carbons (Fsp3) is 0.769. The molecule has 1 fully saturated rings. The van der Waals surface area contributed by atoms with Crippen LogP contribution in [0, 0.1) is 0 Å².